The van der Waals surface area contributed by atoms with Gasteiger partial charge in [-0.2, -0.15) is 0 Å². The van der Waals surface area contributed by atoms with Gasteiger partial charge in [0, 0.05) is 13.1 Å². The van der Waals surface area contributed by atoms with Gasteiger partial charge in [-0.15, -0.1) is 6.58 Å². The molecule has 0 unspecified atom stereocenters. The second-order valence-electron chi connectivity index (χ2n) is 6.98. The molecule has 1 atom stereocenters. The quantitative estimate of drug-likeness (QED) is 0.788. The number of rotatable bonds is 5. The molecule has 0 fully saturated rings. The molecule has 3 amide bonds. The number of carbonyl (C=O) groups excluding carboxylic acids is 2. The van der Waals surface area contributed by atoms with Gasteiger partial charge in [0.15, 0.2) is 0 Å². The maximum Gasteiger partial charge on any atom is 0.322 e. The molecule has 2 aliphatic heterocycles. The fraction of sp³-hybridized carbons (Fsp3) is 0.182. The highest BCUT2D eigenvalue weighted by atomic mass is 19.1. The van der Waals surface area contributed by atoms with E-state index in [1.54, 1.807) is 35.2 Å². The Kier molecular flexibility index (Phi) is 4.88. The van der Waals surface area contributed by atoms with Crippen molar-refractivity contribution in [1.29, 1.82) is 0 Å². The zero-order valence-corrected chi connectivity index (χ0v) is 15.6. The summed E-state index contributed by atoms with van der Waals surface area (Å²) in [6.07, 6.45) is 1.59. The average Bonchev–Trinajstić information content (AvgIpc) is 3.03. The lowest BCUT2D eigenvalue weighted by Gasteiger charge is -2.33. The Morgan fingerprint density at radius 1 is 1.03 bits per heavy atom. The topological polar surface area (TPSA) is 52.7 Å². The highest BCUT2D eigenvalue weighted by molar-refractivity contribution is 6.01. The summed E-state index contributed by atoms with van der Waals surface area (Å²) in [5, 5.41) is 2.84. The molecular weight excluding hydrogens is 376 g/mol. The number of hydrogen-bond donors (Lipinski definition) is 1. The van der Waals surface area contributed by atoms with Crippen molar-refractivity contribution in [2.45, 2.75) is 12.6 Å². The van der Waals surface area contributed by atoms with Gasteiger partial charge in [0.1, 0.15) is 11.6 Å². The maximum atomic E-state index is 13.3. The van der Waals surface area contributed by atoms with Crippen LogP contribution in [0.15, 0.2) is 72.5 Å². The molecule has 1 N–H and O–H groups in total. The minimum atomic E-state index is -0.662. The van der Waals surface area contributed by atoms with E-state index in [9.17, 15) is 18.4 Å². The molecule has 0 spiro atoms. The Bertz CT molecular complexity index is 1000. The van der Waals surface area contributed by atoms with E-state index < -0.39 is 11.9 Å². The molecule has 5 nitrogen and oxygen atoms in total. The van der Waals surface area contributed by atoms with Crippen LogP contribution in [0.1, 0.15) is 17.2 Å². The van der Waals surface area contributed by atoms with Gasteiger partial charge in [0.2, 0.25) is 0 Å². The van der Waals surface area contributed by atoms with Crippen LogP contribution in [0.2, 0.25) is 0 Å². The summed E-state index contributed by atoms with van der Waals surface area (Å²) >= 11 is 0. The van der Waals surface area contributed by atoms with E-state index in [1.165, 1.54) is 29.2 Å². The molecule has 148 valence electrons. The molecule has 29 heavy (non-hydrogen) atoms. The zero-order valence-electron chi connectivity index (χ0n) is 15.6. The van der Waals surface area contributed by atoms with Gasteiger partial charge in [-0.05, 0) is 35.4 Å². The smallest absolute Gasteiger partial charge is 0.322 e. The maximum absolute atomic E-state index is 13.3. The Morgan fingerprint density at radius 2 is 1.66 bits per heavy atom. The molecule has 7 heteroatoms. The van der Waals surface area contributed by atoms with Gasteiger partial charge in [-0.1, -0.05) is 30.3 Å². The first-order valence-corrected chi connectivity index (χ1v) is 9.19. The van der Waals surface area contributed by atoms with Crippen LogP contribution in [-0.4, -0.2) is 34.8 Å². The zero-order chi connectivity index (χ0) is 20.5. The molecule has 0 radical (unpaired) electrons. The molecule has 0 aliphatic carbocycles. The summed E-state index contributed by atoms with van der Waals surface area (Å²) in [5.41, 5.74) is 2.48. The van der Waals surface area contributed by atoms with E-state index in [0.717, 1.165) is 5.56 Å². The van der Waals surface area contributed by atoms with Crippen molar-refractivity contribution in [3.8, 4) is 0 Å². The van der Waals surface area contributed by atoms with Gasteiger partial charge in [0.05, 0.1) is 23.9 Å². The number of nitrogens with one attached hydrogen (secondary N) is 1. The van der Waals surface area contributed by atoms with E-state index in [2.05, 4.69) is 11.9 Å². The first-order valence-electron chi connectivity index (χ1n) is 9.19. The van der Waals surface area contributed by atoms with Crippen LogP contribution < -0.4 is 5.32 Å². The predicted octanol–water partition coefficient (Wildman–Crippen LogP) is 3.51. The normalized spacial score (nSPS) is 18.8. The number of benzene rings is 2. The Hall–Kier alpha value is -3.48. The summed E-state index contributed by atoms with van der Waals surface area (Å²) in [7, 11) is 0. The lowest BCUT2D eigenvalue weighted by atomic mass is 9.95. The second-order valence-corrected chi connectivity index (χ2v) is 6.98. The lowest BCUT2D eigenvalue weighted by Crippen LogP contribution is -2.47. The van der Waals surface area contributed by atoms with Crippen LogP contribution in [0.3, 0.4) is 0 Å². The van der Waals surface area contributed by atoms with E-state index in [1.807, 2.05) is 0 Å². The van der Waals surface area contributed by atoms with Crippen molar-refractivity contribution in [3.63, 3.8) is 0 Å². The highest BCUT2D eigenvalue weighted by Crippen LogP contribution is 2.36. The Balaban J connectivity index is 1.69. The predicted molar refractivity (Wildman–Crippen MR) is 103 cm³/mol. The van der Waals surface area contributed by atoms with Crippen molar-refractivity contribution in [2.24, 2.45) is 0 Å². The standard InChI is InChI=1S/C22H19F2N3O2/c1-2-11-27-18-13-26(12-14-3-7-16(23)8-4-14)21(28)19(18)20(25-22(27)29)15-5-9-17(24)10-6-15/h2-10,20H,1,11-13H2,(H,25,29)/t20-/m1/s1. The number of hydrogen-bond acceptors (Lipinski definition) is 2. The van der Waals surface area contributed by atoms with Gasteiger partial charge in [-0.25, -0.2) is 13.6 Å². The van der Waals surface area contributed by atoms with Crippen molar-refractivity contribution in [2.75, 3.05) is 13.1 Å². The fourth-order valence-electron chi connectivity index (χ4n) is 3.71. The third kappa shape index (κ3) is 3.51. The number of carbonyl (C=O) groups is 2. The van der Waals surface area contributed by atoms with Crippen LogP contribution in [0.25, 0.3) is 0 Å². The van der Waals surface area contributed by atoms with E-state index >= 15 is 0 Å². The van der Waals surface area contributed by atoms with Crippen molar-refractivity contribution >= 4 is 11.9 Å². The highest BCUT2D eigenvalue weighted by Gasteiger charge is 2.43. The first kappa shape index (κ1) is 18.9. The van der Waals surface area contributed by atoms with E-state index in [-0.39, 0.29) is 30.8 Å². The van der Waals surface area contributed by atoms with Crippen molar-refractivity contribution in [3.05, 3.63) is 95.2 Å². The first-order chi connectivity index (χ1) is 14.0. The summed E-state index contributed by atoms with van der Waals surface area (Å²) in [4.78, 5) is 29.0. The van der Waals surface area contributed by atoms with Gasteiger partial charge in [0.25, 0.3) is 5.91 Å². The summed E-state index contributed by atoms with van der Waals surface area (Å²) < 4.78 is 26.5. The van der Waals surface area contributed by atoms with Crippen LogP contribution in [0, 0.1) is 11.6 Å². The summed E-state index contributed by atoms with van der Waals surface area (Å²) in [6, 6.07) is 10.7. The minimum absolute atomic E-state index is 0.215. The van der Waals surface area contributed by atoms with Gasteiger partial charge < -0.3 is 10.2 Å². The van der Waals surface area contributed by atoms with Gasteiger partial charge >= 0.3 is 6.03 Å². The molecule has 2 aromatic rings. The van der Waals surface area contributed by atoms with Crippen LogP contribution in [-0.2, 0) is 11.3 Å². The molecule has 0 saturated carbocycles. The fourth-order valence-corrected chi connectivity index (χ4v) is 3.71. The van der Waals surface area contributed by atoms with Crippen LogP contribution >= 0.6 is 0 Å². The monoisotopic (exact) mass is 395 g/mol. The third-order valence-electron chi connectivity index (χ3n) is 5.10. The largest absolute Gasteiger partial charge is 0.329 e. The molecule has 2 aromatic carbocycles. The summed E-state index contributed by atoms with van der Waals surface area (Å²) in [6.45, 7) is 4.49. The number of urea groups is 1. The van der Waals surface area contributed by atoms with E-state index in [0.29, 0.717) is 23.4 Å². The minimum Gasteiger partial charge on any atom is -0.329 e. The molecule has 2 aliphatic rings. The number of nitrogens with zero attached hydrogens (tertiary/aromatic N) is 2. The Morgan fingerprint density at radius 3 is 2.28 bits per heavy atom. The number of halogens is 2. The molecule has 0 saturated heterocycles. The lowest BCUT2D eigenvalue weighted by molar-refractivity contribution is -0.126. The SMILES string of the molecule is C=CCN1C(=O)N[C@H](c2ccc(F)cc2)C2=C1CN(Cc1ccc(F)cc1)C2=O. The van der Waals surface area contributed by atoms with Crippen molar-refractivity contribution in [1.82, 2.24) is 15.1 Å². The Labute approximate surface area is 166 Å². The van der Waals surface area contributed by atoms with Crippen LogP contribution in [0.4, 0.5) is 13.6 Å². The van der Waals surface area contributed by atoms with Gasteiger partial charge in [-0.3, -0.25) is 9.69 Å². The average molecular weight is 395 g/mol. The molecule has 4 rings (SSSR count). The van der Waals surface area contributed by atoms with E-state index in [4.69, 9.17) is 0 Å². The van der Waals surface area contributed by atoms with Crippen LogP contribution in [0.5, 0.6) is 0 Å². The summed E-state index contributed by atoms with van der Waals surface area (Å²) in [5.74, 6) is -0.955. The molecule has 0 aromatic heterocycles. The number of amides is 3. The third-order valence-corrected chi connectivity index (χ3v) is 5.10. The van der Waals surface area contributed by atoms with Crippen molar-refractivity contribution < 1.29 is 18.4 Å². The molecule has 0 bridgehead atoms. The second kappa shape index (κ2) is 7.50. The molecule has 2 heterocycles. The molecular formula is C22H19F2N3O2.